The SMILES string of the molecule is Cc1nnc(C(C)C)n1C1C[C@H]2CC[C@@H](C1)N2CC[C@H](NC(=O)[C@H]1CCC(F)(F)[C@@H](O)C1)c1ccccc1. The second kappa shape index (κ2) is 11.0. The van der Waals surface area contributed by atoms with E-state index in [0.29, 0.717) is 24.0 Å². The number of fused-ring (bicyclic) bond motifs is 2. The highest BCUT2D eigenvalue weighted by atomic mass is 19.3. The molecule has 1 aliphatic carbocycles. The van der Waals surface area contributed by atoms with Crippen molar-refractivity contribution in [3.63, 3.8) is 0 Å². The van der Waals surface area contributed by atoms with Gasteiger partial charge in [-0.05, 0) is 57.4 Å². The predicted octanol–water partition coefficient (Wildman–Crippen LogP) is 4.92. The van der Waals surface area contributed by atoms with E-state index in [1.165, 1.54) is 12.8 Å². The van der Waals surface area contributed by atoms with Crippen molar-refractivity contribution < 1.29 is 18.7 Å². The molecule has 1 unspecified atom stereocenters. The van der Waals surface area contributed by atoms with E-state index in [4.69, 9.17) is 0 Å². The number of hydrogen-bond acceptors (Lipinski definition) is 5. The van der Waals surface area contributed by atoms with E-state index in [0.717, 1.165) is 43.0 Å². The maximum Gasteiger partial charge on any atom is 0.273 e. The molecular formula is C29H41F2N5O2. The molecule has 2 aromatic rings. The van der Waals surface area contributed by atoms with Crippen molar-refractivity contribution in [3.05, 3.63) is 47.5 Å². The summed E-state index contributed by atoms with van der Waals surface area (Å²) in [4.78, 5) is 15.8. The third kappa shape index (κ3) is 5.50. The van der Waals surface area contributed by atoms with Crippen molar-refractivity contribution in [2.24, 2.45) is 5.92 Å². The van der Waals surface area contributed by atoms with E-state index >= 15 is 0 Å². The average molecular weight is 530 g/mol. The molecule has 38 heavy (non-hydrogen) atoms. The molecule has 5 rings (SSSR count). The van der Waals surface area contributed by atoms with Gasteiger partial charge in [0.15, 0.2) is 0 Å². The zero-order valence-corrected chi connectivity index (χ0v) is 22.7. The van der Waals surface area contributed by atoms with Crippen LogP contribution in [0.15, 0.2) is 30.3 Å². The summed E-state index contributed by atoms with van der Waals surface area (Å²) < 4.78 is 29.9. The number of nitrogens with one attached hydrogen (secondary N) is 1. The number of nitrogens with zero attached hydrogens (tertiary/aromatic N) is 4. The van der Waals surface area contributed by atoms with Crippen LogP contribution >= 0.6 is 0 Å². The van der Waals surface area contributed by atoms with Gasteiger partial charge in [0, 0.05) is 42.9 Å². The smallest absolute Gasteiger partial charge is 0.273 e. The number of benzene rings is 1. The number of aliphatic hydroxyl groups is 1. The first-order chi connectivity index (χ1) is 18.1. The van der Waals surface area contributed by atoms with Gasteiger partial charge in [-0.1, -0.05) is 44.2 Å². The van der Waals surface area contributed by atoms with E-state index < -0.39 is 24.4 Å². The maximum atomic E-state index is 13.8. The first-order valence-electron chi connectivity index (χ1n) is 14.2. The molecule has 1 aromatic carbocycles. The summed E-state index contributed by atoms with van der Waals surface area (Å²) in [5.74, 6) is -1.55. The van der Waals surface area contributed by atoms with E-state index in [1.807, 2.05) is 37.3 Å². The van der Waals surface area contributed by atoms with E-state index in [1.54, 1.807) is 0 Å². The lowest BCUT2D eigenvalue weighted by Gasteiger charge is -2.41. The van der Waals surface area contributed by atoms with E-state index in [9.17, 15) is 18.7 Å². The number of rotatable bonds is 8. The zero-order chi connectivity index (χ0) is 27.0. The number of aromatic nitrogens is 3. The van der Waals surface area contributed by atoms with Gasteiger partial charge in [-0.3, -0.25) is 9.69 Å². The minimum Gasteiger partial charge on any atom is -0.387 e. The Kier molecular flexibility index (Phi) is 7.87. The van der Waals surface area contributed by atoms with Gasteiger partial charge in [-0.2, -0.15) is 0 Å². The molecule has 3 heterocycles. The van der Waals surface area contributed by atoms with Crippen LogP contribution < -0.4 is 5.32 Å². The number of hydrogen-bond donors (Lipinski definition) is 2. The van der Waals surface area contributed by atoms with E-state index in [2.05, 4.69) is 38.8 Å². The minimum atomic E-state index is -3.11. The van der Waals surface area contributed by atoms with Crippen LogP contribution in [0.1, 0.15) is 100 Å². The van der Waals surface area contributed by atoms with Gasteiger partial charge in [0.1, 0.15) is 17.8 Å². The highest BCUT2D eigenvalue weighted by molar-refractivity contribution is 5.79. The van der Waals surface area contributed by atoms with Gasteiger partial charge in [-0.15, -0.1) is 10.2 Å². The summed E-state index contributed by atoms with van der Waals surface area (Å²) in [6.45, 7) is 7.25. The lowest BCUT2D eigenvalue weighted by Crippen LogP contribution is -2.46. The maximum absolute atomic E-state index is 13.8. The van der Waals surface area contributed by atoms with Gasteiger partial charge in [0.25, 0.3) is 5.92 Å². The second-order valence-electron chi connectivity index (χ2n) is 11.9. The molecule has 6 atom stereocenters. The molecule has 208 valence electrons. The zero-order valence-electron chi connectivity index (χ0n) is 22.7. The van der Waals surface area contributed by atoms with Crippen LogP contribution in [0, 0.1) is 12.8 Å². The van der Waals surface area contributed by atoms with Crippen LogP contribution in [0.4, 0.5) is 8.78 Å². The molecule has 0 radical (unpaired) electrons. The number of aliphatic hydroxyl groups excluding tert-OH is 1. The average Bonchev–Trinajstić information content (AvgIpc) is 3.39. The summed E-state index contributed by atoms with van der Waals surface area (Å²) in [5, 5.41) is 21.8. The number of aryl methyl sites for hydroxylation is 1. The molecule has 2 bridgehead atoms. The van der Waals surface area contributed by atoms with Crippen LogP contribution in [-0.4, -0.2) is 61.3 Å². The van der Waals surface area contributed by atoms with Crippen LogP contribution in [0.3, 0.4) is 0 Å². The molecule has 0 spiro atoms. The van der Waals surface area contributed by atoms with Crippen molar-refractivity contribution >= 4 is 5.91 Å². The highest BCUT2D eigenvalue weighted by Gasteiger charge is 2.46. The molecule has 2 N–H and O–H groups in total. The Morgan fingerprint density at radius 2 is 1.76 bits per heavy atom. The number of carbonyl (C=O) groups excluding carboxylic acids is 1. The summed E-state index contributed by atoms with van der Waals surface area (Å²) >= 11 is 0. The summed E-state index contributed by atoms with van der Waals surface area (Å²) in [6, 6.07) is 11.1. The number of alkyl halides is 2. The molecule has 3 fully saturated rings. The van der Waals surface area contributed by atoms with Gasteiger partial charge < -0.3 is 15.0 Å². The highest BCUT2D eigenvalue weighted by Crippen LogP contribution is 2.42. The van der Waals surface area contributed by atoms with Crippen molar-refractivity contribution in [1.29, 1.82) is 0 Å². The van der Waals surface area contributed by atoms with Crippen molar-refractivity contribution in [2.45, 2.75) is 114 Å². The number of carbonyl (C=O) groups is 1. The quantitative estimate of drug-likeness (QED) is 0.507. The topological polar surface area (TPSA) is 83.3 Å². The summed E-state index contributed by atoms with van der Waals surface area (Å²) in [6.07, 6.45) is 2.94. The van der Waals surface area contributed by atoms with Crippen LogP contribution in [0.5, 0.6) is 0 Å². The first-order valence-corrected chi connectivity index (χ1v) is 14.2. The Labute approximate surface area is 224 Å². The van der Waals surface area contributed by atoms with E-state index in [-0.39, 0.29) is 24.8 Å². The molecule has 1 aromatic heterocycles. The Balaban J connectivity index is 1.25. The predicted molar refractivity (Wildman–Crippen MR) is 141 cm³/mol. The third-order valence-corrected chi connectivity index (χ3v) is 9.02. The minimum absolute atomic E-state index is 0.0932. The Bertz CT molecular complexity index is 1090. The summed E-state index contributed by atoms with van der Waals surface area (Å²) in [7, 11) is 0. The summed E-state index contributed by atoms with van der Waals surface area (Å²) in [5.41, 5.74) is 1.02. The fourth-order valence-corrected chi connectivity index (χ4v) is 6.96. The Hall–Kier alpha value is -2.39. The Morgan fingerprint density at radius 3 is 2.39 bits per heavy atom. The van der Waals surface area contributed by atoms with Gasteiger partial charge in [0.2, 0.25) is 5.91 Å². The fraction of sp³-hybridized carbons (Fsp3) is 0.690. The fourth-order valence-electron chi connectivity index (χ4n) is 6.96. The second-order valence-corrected chi connectivity index (χ2v) is 11.9. The van der Waals surface area contributed by atoms with Crippen LogP contribution in [0.2, 0.25) is 0 Å². The number of halogens is 2. The Morgan fingerprint density at radius 1 is 1.08 bits per heavy atom. The van der Waals surface area contributed by atoms with Crippen LogP contribution in [0.25, 0.3) is 0 Å². The van der Waals surface area contributed by atoms with Crippen molar-refractivity contribution in [1.82, 2.24) is 25.0 Å². The first kappa shape index (κ1) is 27.2. The van der Waals surface area contributed by atoms with Gasteiger partial charge >= 0.3 is 0 Å². The third-order valence-electron chi connectivity index (χ3n) is 9.02. The molecular weight excluding hydrogens is 488 g/mol. The van der Waals surface area contributed by atoms with Crippen LogP contribution in [-0.2, 0) is 4.79 Å². The van der Waals surface area contributed by atoms with Gasteiger partial charge in [-0.25, -0.2) is 8.78 Å². The molecule has 9 heteroatoms. The molecule has 3 aliphatic rings. The van der Waals surface area contributed by atoms with Crippen molar-refractivity contribution in [2.75, 3.05) is 6.54 Å². The van der Waals surface area contributed by atoms with Gasteiger partial charge in [0.05, 0.1) is 6.04 Å². The monoisotopic (exact) mass is 529 g/mol. The number of piperidine rings is 1. The normalized spacial score (nSPS) is 29.9. The molecule has 7 nitrogen and oxygen atoms in total. The largest absolute Gasteiger partial charge is 0.387 e. The molecule has 2 aliphatic heterocycles. The number of amides is 1. The standard InChI is InChI=1S/C29H41F2N5O2/c1-18(2)27-34-33-19(3)36(27)24-16-22-9-10-23(17-24)35(22)14-12-25(20-7-5-4-6-8-20)32-28(38)21-11-13-29(30,31)26(37)15-21/h4-8,18,21-26,37H,9-17H2,1-3H3,(H,32,38)/t21-,22-,23+,24?,25-,26-/m0/s1. The molecule has 1 saturated carbocycles. The van der Waals surface area contributed by atoms with Crippen molar-refractivity contribution in [3.8, 4) is 0 Å². The lowest BCUT2D eigenvalue weighted by atomic mass is 9.84. The molecule has 2 saturated heterocycles. The molecule has 1 amide bonds. The lowest BCUT2D eigenvalue weighted by molar-refractivity contribution is -0.152.